The van der Waals surface area contributed by atoms with Crippen molar-refractivity contribution in [2.24, 2.45) is 5.92 Å². The van der Waals surface area contributed by atoms with Gasteiger partial charge >= 0.3 is 6.09 Å². The molecule has 21 heavy (non-hydrogen) atoms. The van der Waals surface area contributed by atoms with Gasteiger partial charge in [0.05, 0.1) is 0 Å². The molecule has 5 nitrogen and oxygen atoms in total. The van der Waals surface area contributed by atoms with Crippen molar-refractivity contribution >= 4 is 18.3 Å². The Labute approximate surface area is 127 Å². The van der Waals surface area contributed by atoms with Gasteiger partial charge in [-0.25, -0.2) is 9.69 Å². The van der Waals surface area contributed by atoms with E-state index in [1.165, 1.54) is 0 Å². The summed E-state index contributed by atoms with van der Waals surface area (Å²) in [6.45, 7) is 8.70. The largest absolute Gasteiger partial charge is 0.443 e. The summed E-state index contributed by atoms with van der Waals surface area (Å²) in [7, 11) is 0. The fraction of sp³-hybridized carbons (Fsp3) is 0.688. The Morgan fingerprint density at radius 2 is 1.95 bits per heavy atom. The van der Waals surface area contributed by atoms with E-state index in [0.717, 1.165) is 4.90 Å². The Bertz CT molecular complexity index is 426. The molecule has 0 aromatic carbocycles. The van der Waals surface area contributed by atoms with Crippen LogP contribution in [0.15, 0.2) is 0 Å². The molecule has 0 rings (SSSR count). The van der Waals surface area contributed by atoms with Gasteiger partial charge in [0, 0.05) is 25.3 Å². The highest BCUT2D eigenvalue weighted by molar-refractivity contribution is 5.84. The van der Waals surface area contributed by atoms with Crippen LogP contribution < -0.4 is 0 Å². The van der Waals surface area contributed by atoms with Crippen LogP contribution >= 0.6 is 0 Å². The van der Waals surface area contributed by atoms with Crippen molar-refractivity contribution in [3.63, 3.8) is 0 Å². The maximum absolute atomic E-state index is 11.9. The Hall–Kier alpha value is -1.83. The van der Waals surface area contributed by atoms with Crippen LogP contribution in [0.25, 0.3) is 0 Å². The summed E-state index contributed by atoms with van der Waals surface area (Å²) < 4.78 is 5.15. The zero-order valence-corrected chi connectivity index (χ0v) is 13.6. The average molecular weight is 295 g/mol. The van der Waals surface area contributed by atoms with Crippen LogP contribution in [0, 0.1) is 17.8 Å². The Kier molecular flexibility index (Phi) is 8.37. The molecule has 0 heterocycles. The van der Waals surface area contributed by atoms with E-state index in [9.17, 15) is 14.4 Å². The molecule has 0 saturated heterocycles. The molecule has 5 heteroatoms. The zero-order chi connectivity index (χ0) is 16.5. The molecule has 2 amide bonds. The summed E-state index contributed by atoms with van der Waals surface area (Å²) in [5.74, 6) is 5.28. The lowest BCUT2D eigenvalue weighted by Gasteiger charge is -2.26. The van der Waals surface area contributed by atoms with Crippen LogP contribution in [0.4, 0.5) is 4.79 Å². The van der Waals surface area contributed by atoms with Gasteiger partial charge in [0.1, 0.15) is 11.4 Å². The lowest BCUT2D eigenvalue weighted by Crippen LogP contribution is -2.40. The molecule has 0 aliphatic carbocycles. The monoisotopic (exact) mass is 295 g/mol. The van der Waals surface area contributed by atoms with Crippen molar-refractivity contribution in [1.82, 2.24) is 4.90 Å². The number of rotatable bonds is 7. The first kappa shape index (κ1) is 19.2. The molecule has 0 radical (unpaired) electrons. The summed E-state index contributed by atoms with van der Waals surface area (Å²) in [6.07, 6.45) is 1.14. The number of amides is 2. The normalized spacial score (nSPS) is 11.9. The fourth-order valence-electron chi connectivity index (χ4n) is 1.73. The molecular weight excluding hydrogens is 270 g/mol. The number of carbonyl (C=O) groups excluding carboxylic acids is 3. The minimum absolute atomic E-state index is 0.0170. The standard InChI is InChI=1S/C16H25NO4/c1-6-8-9-10-13(14(19)7-2)11-17(12-18)15(20)21-16(3,4)5/h12-13H,7,9-11H2,1-5H3. The number of nitrogens with zero attached hydrogens (tertiary/aromatic N) is 1. The predicted octanol–water partition coefficient (Wildman–Crippen LogP) is 2.78. The van der Waals surface area contributed by atoms with Gasteiger partial charge in [0.15, 0.2) is 0 Å². The van der Waals surface area contributed by atoms with Crippen LogP contribution in [0.5, 0.6) is 0 Å². The molecule has 0 spiro atoms. The first-order valence-electron chi connectivity index (χ1n) is 7.12. The van der Waals surface area contributed by atoms with Gasteiger partial charge in [0.2, 0.25) is 6.41 Å². The van der Waals surface area contributed by atoms with Crippen LogP contribution in [-0.2, 0) is 14.3 Å². The van der Waals surface area contributed by atoms with Gasteiger partial charge < -0.3 is 4.74 Å². The van der Waals surface area contributed by atoms with Crippen LogP contribution in [0.1, 0.15) is 53.9 Å². The Balaban J connectivity index is 4.82. The minimum Gasteiger partial charge on any atom is -0.443 e. The van der Waals surface area contributed by atoms with Gasteiger partial charge in [-0.1, -0.05) is 6.92 Å². The SMILES string of the molecule is CC#CCCC(CN(C=O)C(=O)OC(C)(C)C)C(=O)CC. The summed E-state index contributed by atoms with van der Waals surface area (Å²) in [5, 5.41) is 0. The van der Waals surface area contributed by atoms with Gasteiger partial charge in [0.25, 0.3) is 0 Å². The Morgan fingerprint density at radius 3 is 2.38 bits per heavy atom. The number of imide groups is 1. The van der Waals surface area contributed by atoms with Crippen molar-refractivity contribution in [2.45, 2.75) is 59.5 Å². The molecular formula is C16H25NO4. The molecule has 0 bridgehead atoms. The topological polar surface area (TPSA) is 63.7 Å². The van der Waals surface area contributed by atoms with Crippen LogP contribution in [-0.4, -0.2) is 35.3 Å². The third kappa shape index (κ3) is 8.13. The molecule has 1 unspecified atom stereocenters. The molecule has 0 N–H and O–H groups in total. The van der Waals surface area contributed by atoms with Crippen molar-refractivity contribution < 1.29 is 19.1 Å². The smallest absolute Gasteiger partial charge is 0.416 e. The van der Waals surface area contributed by atoms with E-state index >= 15 is 0 Å². The van der Waals surface area contributed by atoms with Crippen LogP contribution in [0.3, 0.4) is 0 Å². The second-order valence-corrected chi connectivity index (χ2v) is 5.72. The van der Waals surface area contributed by atoms with Crippen molar-refractivity contribution in [3.8, 4) is 11.8 Å². The van der Waals surface area contributed by atoms with E-state index < -0.39 is 17.6 Å². The van der Waals surface area contributed by atoms with Gasteiger partial charge in [-0.05, 0) is 34.1 Å². The number of hydrogen-bond acceptors (Lipinski definition) is 4. The summed E-state index contributed by atoms with van der Waals surface area (Å²) >= 11 is 0. The molecule has 1 atom stereocenters. The van der Waals surface area contributed by atoms with E-state index in [-0.39, 0.29) is 12.3 Å². The minimum atomic E-state index is -0.729. The molecule has 0 saturated carbocycles. The summed E-state index contributed by atoms with van der Waals surface area (Å²) in [4.78, 5) is 35.8. The molecule has 0 aromatic heterocycles. The van der Waals surface area contributed by atoms with Crippen LogP contribution in [0.2, 0.25) is 0 Å². The Morgan fingerprint density at radius 1 is 1.33 bits per heavy atom. The van der Waals surface area contributed by atoms with E-state index in [1.807, 2.05) is 0 Å². The quantitative estimate of drug-likeness (QED) is 0.535. The van der Waals surface area contributed by atoms with E-state index in [0.29, 0.717) is 25.7 Å². The predicted molar refractivity (Wildman–Crippen MR) is 80.5 cm³/mol. The second kappa shape index (κ2) is 9.17. The highest BCUT2D eigenvalue weighted by Gasteiger charge is 2.26. The average Bonchev–Trinajstić information content (AvgIpc) is 2.39. The summed E-state index contributed by atoms with van der Waals surface area (Å²) in [5.41, 5.74) is -0.684. The molecule has 0 fully saturated rings. The van der Waals surface area contributed by atoms with E-state index in [1.54, 1.807) is 34.6 Å². The molecule has 0 aromatic rings. The molecule has 0 aliphatic rings. The number of carbonyl (C=O) groups is 3. The van der Waals surface area contributed by atoms with Gasteiger partial charge in [-0.15, -0.1) is 11.8 Å². The first-order valence-corrected chi connectivity index (χ1v) is 7.12. The third-order valence-corrected chi connectivity index (χ3v) is 2.77. The highest BCUT2D eigenvalue weighted by atomic mass is 16.6. The van der Waals surface area contributed by atoms with Crippen molar-refractivity contribution in [3.05, 3.63) is 0 Å². The van der Waals surface area contributed by atoms with Crippen molar-refractivity contribution in [2.75, 3.05) is 6.54 Å². The van der Waals surface area contributed by atoms with E-state index in [4.69, 9.17) is 4.74 Å². The van der Waals surface area contributed by atoms with Crippen molar-refractivity contribution in [1.29, 1.82) is 0 Å². The number of ether oxygens (including phenoxy) is 1. The lowest BCUT2D eigenvalue weighted by molar-refractivity contribution is -0.124. The second-order valence-electron chi connectivity index (χ2n) is 5.72. The number of hydrogen-bond donors (Lipinski definition) is 0. The first-order chi connectivity index (χ1) is 9.75. The maximum Gasteiger partial charge on any atom is 0.416 e. The summed E-state index contributed by atoms with van der Waals surface area (Å²) in [6, 6.07) is 0. The van der Waals surface area contributed by atoms with Gasteiger partial charge in [-0.2, -0.15) is 0 Å². The highest BCUT2D eigenvalue weighted by Crippen LogP contribution is 2.14. The van der Waals surface area contributed by atoms with Gasteiger partial charge in [-0.3, -0.25) is 9.59 Å². The number of Topliss-reactive ketones (excluding diaryl/α,β-unsaturated/α-hetero) is 1. The lowest BCUT2D eigenvalue weighted by atomic mass is 9.96. The number of ketones is 1. The fourth-order valence-corrected chi connectivity index (χ4v) is 1.73. The zero-order valence-electron chi connectivity index (χ0n) is 13.6. The molecule has 118 valence electrons. The van der Waals surface area contributed by atoms with E-state index in [2.05, 4.69) is 11.8 Å². The molecule has 0 aliphatic heterocycles. The maximum atomic E-state index is 11.9. The third-order valence-electron chi connectivity index (χ3n) is 2.77.